The fourth-order valence-corrected chi connectivity index (χ4v) is 4.24. The lowest BCUT2D eigenvalue weighted by Gasteiger charge is -2.17. The molecule has 160 valence electrons. The molecule has 0 bridgehead atoms. The van der Waals surface area contributed by atoms with E-state index in [-0.39, 0.29) is 24.1 Å². The van der Waals surface area contributed by atoms with E-state index in [1.165, 1.54) is 0 Å². The fraction of sp³-hybridized carbons (Fsp3) is 0.192. The van der Waals surface area contributed by atoms with Crippen molar-refractivity contribution < 1.29 is 4.79 Å². The Morgan fingerprint density at radius 1 is 1.12 bits per heavy atom. The zero-order valence-corrected chi connectivity index (χ0v) is 18.3. The third-order valence-electron chi connectivity index (χ3n) is 5.83. The predicted octanol–water partition coefficient (Wildman–Crippen LogP) is 4.36. The molecular weight excluding hydrogens is 400 g/mol. The highest BCUT2D eigenvalue weighted by atomic mass is 16.2. The summed E-state index contributed by atoms with van der Waals surface area (Å²) < 4.78 is 1.91. The molecule has 6 nitrogen and oxygen atoms in total. The number of benzene rings is 2. The van der Waals surface area contributed by atoms with Crippen LogP contribution in [0.25, 0.3) is 10.9 Å². The van der Waals surface area contributed by atoms with E-state index in [1.807, 2.05) is 86.0 Å². The Balaban J connectivity index is 1.77. The molecule has 0 aliphatic rings. The number of nitrogens with zero attached hydrogens (tertiary/aromatic N) is 2. The molecular formula is C26H24N4O2. The van der Waals surface area contributed by atoms with Gasteiger partial charge in [-0.1, -0.05) is 48.5 Å². The quantitative estimate of drug-likeness (QED) is 0.499. The Morgan fingerprint density at radius 2 is 1.81 bits per heavy atom. The summed E-state index contributed by atoms with van der Waals surface area (Å²) in [5.74, 6) is -0.379. The number of aryl methyl sites for hydroxylation is 2. The first-order valence-electron chi connectivity index (χ1n) is 10.5. The zero-order chi connectivity index (χ0) is 22.8. The van der Waals surface area contributed by atoms with Crippen molar-refractivity contribution in [1.82, 2.24) is 14.9 Å². The molecule has 6 heteroatoms. The van der Waals surface area contributed by atoms with Crippen LogP contribution >= 0.6 is 0 Å². The maximum absolute atomic E-state index is 13.3. The number of nitriles is 1. The highest BCUT2D eigenvalue weighted by Crippen LogP contribution is 2.32. The Hall–Kier alpha value is -4.11. The maximum Gasteiger partial charge on any atom is 0.255 e. The van der Waals surface area contributed by atoms with Crippen molar-refractivity contribution in [3.63, 3.8) is 0 Å². The normalized spacial score (nSPS) is 11.8. The number of hydrogen-bond donors (Lipinski definition) is 2. The summed E-state index contributed by atoms with van der Waals surface area (Å²) in [7, 11) is 0. The average Bonchev–Trinajstić information content (AvgIpc) is 3.12. The lowest BCUT2D eigenvalue weighted by atomic mass is 10.1. The number of nitrogens with one attached hydrogen (secondary N) is 2. The molecule has 0 aliphatic heterocycles. The van der Waals surface area contributed by atoms with Crippen molar-refractivity contribution in [3.05, 3.63) is 105 Å². The van der Waals surface area contributed by atoms with E-state index < -0.39 is 0 Å². The number of fused-ring (bicyclic) bond motifs is 1. The van der Waals surface area contributed by atoms with Gasteiger partial charge in [-0.25, -0.2) is 0 Å². The number of rotatable bonds is 5. The molecule has 0 saturated heterocycles. The van der Waals surface area contributed by atoms with E-state index in [0.717, 1.165) is 22.3 Å². The van der Waals surface area contributed by atoms with Gasteiger partial charge in [-0.05, 0) is 44.0 Å². The second-order valence-corrected chi connectivity index (χ2v) is 7.93. The van der Waals surface area contributed by atoms with Crippen LogP contribution in [0.15, 0.2) is 65.5 Å². The topological polar surface area (TPSA) is 90.7 Å². The second-order valence-electron chi connectivity index (χ2n) is 7.93. The van der Waals surface area contributed by atoms with Crippen molar-refractivity contribution in [1.29, 1.82) is 5.26 Å². The SMILES string of the molecule is Cc1cc(C)c(CNC(=O)c2c(C#N)n(C(C)c3ccccc3)c3ccccc23)c(=O)[nH]1. The third kappa shape index (κ3) is 3.69. The molecule has 0 saturated carbocycles. The van der Waals surface area contributed by atoms with E-state index in [1.54, 1.807) is 0 Å². The van der Waals surface area contributed by atoms with Crippen LogP contribution in [0.1, 0.15) is 51.4 Å². The van der Waals surface area contributed by atoms with Gasteiger partial charge in [0.15, 0.2) is 0 Å². The summed E-state index contributed by atoms with van der Waals surface area (Å²) in [5.41, 5.74) is 4.35. The van der Waals surface area contributed by atoms with Crippen LogP contribution in [-0.4, -0.2) is 15.5 Å². The van der Waals surface area contributed by atoms with E-state index in [9.17, 15) is 14.9 Å². The molecule has 1 atom stereocenters. The van der Waals surface area contributed by atoms with Crippen LogP contribution in [-0.2, 0) is 6.54 Å². The van der Waals surface area contributed by atoms with Crippen LogP contribution in [0, 0.1) is 25.2 Å². The van der Waals surface area contributed by atoms with Crippen molar-refractivity contribution in [2.45, 2.75) is 33.4 Å². The number of carbonyl (C=O) groups excluding carboxylic acids is 1. The van der Waals surface area contributed by atoms with Gasteiger partial charge in [0.25, 0.3) is 11.5 Å². The monoisotopic (exact) mass is 424 g/mol. The van der Waals surface area contributed by atoms with Crippen LogP contribution in [0.2, 0.25) is 0 Å². The van der Waals surface area contributed by atoms with Crippen LogP contribution < -0.4 is 10.9 Å². The number of pyridine rings is 1. The molecule has 32 heavy (non-hydrogen) atoms. The molecule has 0 aliphatic carbocycles. The molecule has 2 aromatic carbocycles. The van der Waals surface area contributed by atoms with Crippen molar-refractivity contribution >= 4 is 16.8 Å². The summed E-state index contributed by atoms with van der Waals surface area (Å²) in [6.45, 7) is 5.76. The van der Waals surface area contributed by atoms with Gasteiger partial charge >= 0.3 is 0 Å². The number of carbonyl (C=O) groups is 1. The highest BCUT2D eigenvalue weighted by Gasteiger charge is 2.25. The fourth-order valence-electron chi connectivity index (χ4n) is 4.24. The second kappa shape index (κ2) is 8.56. The number of para-hydroxylation sites is 1. The van der Waals surface area contributed by atoms with Gasteiger partial charge in [0.05, 0.1) is 17.1 Å². The van der Waals surface area contributed by atoms with Gasteiger partial charge in [-0.15, -0.1) is 0 Å². The van der Waals surface area contributed by atoms with Gasteiger partial charge in [-0.2, -0.15) is 5.26 Å². The zero-order valence-electron chi connectivity index (χ0n) is 18.3. The Bertz CT molecular complexity index is 1410. The summed E-state index contributed by atoms with van der Waals surface area (Å²) in [5, 5.41) is 13.6. The first-order chi connectivity index (χ1) is 15.4. The summed E-state index contributed by atoms with van der Waals surface area (Å²) >= 11 is 0. The number of amides is 1. The van der Waals surface area contributed by atoms with Crippen LogP contribution in [0.5, 0.6) is 0 Å². The highest BCUT2D eigenvalue weighted by molar-refractivity contribution is 6.09. The summed E-state index contributed by atoms with van der Waals surface area (Å²) in [6.07, 6.45) is 0. The predicted molar refractivity (Wildman–Crippen MR) is 125 cm³/mol. The van der Waals surface area contributed by atoms with Gasteiger partial charge in [-0.3, -0.25) is 9.59 Å². The van der Waals surface area contributed by atoms with E-state index in [4.69, 9.17) is 0 Å². The largest absolute Gasteiger partial charge is 0.348 e. The number of H-pyrrole nitrogens is 1. The van der Waals surface area contributed by atoms with Crippen LogP contribution in [0.3, 0.4) is 0 Å². The Morgan fingerprint density at radius 3 is 2.50 bits per heavy atom. The molecule has 4 rings (SSSR count). The van der Waals surface area contributed by atoms with Gasteiger partial charge in [0.2, 0.25) is 0 Å². The smallest absolute Gasteiger partial charge is 0.255 e. The van der Waals surface area contributed by atoms with E-state index >= 15 is 0 Å². The molecule has 0 fully saturated rings. The summed E-state index contributed by atoms with van der Waals surface area (Å²) in [4.78, 5) is 28.4. The maximum atomic E-state index is 13.3. The molecule has 2 heterocycles. The van der Waals surface area contributed by atoms with Gasteiger partial charge < -0.3 is 14.9 Å². The van der Waals surface area contributed by atoms with E-state index in [2.05, 4.69) is 16.4 Å². The number of hydrogen-bond acceptors (Lipinski definition) is 3. The van der Waals surface area contributed by atoms with Gasteiger partial charge in [0, 0.05) is 23.2 Å². The molecule has 0 radical (unpaired) electrons. The average molecular weight is 425 g/mol. The minimum absolute atomic E-state index is 0.0822. The van der Waals surface area contributed by atoms with Crippen molar-refractivity contribution in [2.24, 2.45) is 0 Å². The Labute approximate surface area is 186 Å². The summed E-state index contributed by atoms with van der Waals surface area (Å²) in [6, 6.07) is 21.4. The van der Waals surface area contributed by atoms with E-state index in [0.29, 0.717) is 22.2 Å². The van der Waals surface area contributed by atoms with Crippen molar-refractivity contribution in [2.75, 3.05) is 0 Å². The molecule has 1 amide bonds. The third-order valence-corrected chi connectivity index (χ3v) is 5.83. The first-order valence-corrected chi connectivity index (χ1v) is 10.5. The first kappa shape index (κ1) is 21.1. The molecule has 1 unspecified atom stereocenters. The minimum atomic E-state index is -0.379. The molecule has 0 spiro atoms. The molecule has 4 aromatic rings. The standard InChI is InChI=1S/C26H24N4O2/c1-16-13-17(2)29-25(31)21(16)15-28-26(32)24-20-11-7-8-12-22(20)30(23(24)14-27)18(3)19-9-5-4-6-10-19/h4-13,18H,15H2,1-3H3,(H,28,32)(H,29,31). The molecule has 2 aromatic heterocycles. The lowest BCUT2D eigenvalue weighted by Crippen LogP contribution is -2.28. The number of aromatic nitrogens is 2. The van der Waals surface area contributed by atoms with Crippen LogP contribution in [0.4, 0.5) is 0 Å². The minimum Gasteiger partial charge on any atom is -0.348 e. The number of aromatic amines is 1. The lowest BCUT2D eigenvalue weighted by molar-refractivity contribution is 0.0952. The Kier molecular flexibility index (Phi) is 5.65. The van der Waals surface area contributed by atoms with Gasteiger partial charge in [0.1, 0.15) is 11.8 Å². The van der Waals surface area contributed by atoms with Crippen molar-refractivity contribution in [3.8, 4) is 6.07 Å². The molecule has 2 N–H and O–H groups in total.